The average molecular weight is 152 g/mol. The molecule has 0 aliphatic heterocycles. The molecule has 1 radical (unpaired) electrons. The normalized spacial score (nSPS) is 9.80. The standard InChI is InChI=1S/C8H10NS/c1-10-8-4-2-7(6-9)3-5-8/h2-5,9H,6H2,1H3. The summed E-state index contributed by atoms with van der Waals surface area (Å²) in [6.07, 6.45) is 2.05. The summed E-state index contributed by atoms with van der Waals surface area (Å²) in [4.78, 5) is 1.26. The zero-order valence-electron chi connectivity index (χ0n) is 5.92. The first kappa shape index (κ1) is 7.63. The van der Waals surface area contributed by atoms with Crippen LogP contribution in [-0.4, -0.2) is 6.26 Å². The minimum atomic E-state index is 0.384. The molecule has 0 fully saturated rings. The highest BCUT2D eigenvalue weighted by Crippen LogP contribution is 2.14. The summed E-state index contributed by atoms with van der Waals surface area (Å²) in [6, 6.07) is 8.10. The minimum Gasteiger partial charge on any atom is -0.253 e. The number of nitrogens with one attached hydrogen (secondary N) is 1. The smallest absolute Gasteiger partial charge is 0.0351 e. The molecule has 0 aliphatic carbocycles. The largest absolute Gasteiger partial charge is 0.253 e. The van der Waals surface area contributed by atoms with Crippen LogP contribution in [0.4, 0.5) is 0 Å². The molecule has 0 atom stereocenters. The summed E-state index contributed by atoms with van der Waals surface area (Å²) in [6.45, 7) is 0.384. The van der Waals surface area contributed by atoms with Gasteiger partial charge in [-0.15, -0.1) is 11.8 Å². The van der Waals surface area contributed by atoms with Crippen molar-refractivity contribution in [2.75, 3.05) is 6.26 Å². The molecule has 0 spiro atoms. The van der Waals surface area contributed by atoms with Crippen LogP contribution in [0, 0.1) is 0 Å². The first-order valence-corrected chi connectivity index (χ1v) is 4.37. The van der Waals surface area contributed by atoms with Gasteiger partial charge in [-0.3, -0.25) is 5.73 Å². The summed E-state index contributed by atoms with van der Waals surface area (Å²) in [5.74, 6) is 0. The third kappa shape index (κ3) is 1.75. The van der Waals surface area contributed by atoms with Crippen molar-refractivity contribution in [3.8, 4) is 0 Å². The van der Waals surface area contributed by atoms with Gasteiger partial charge in [0.2, 0.25) is 0 Å². The van der Waals surface area contributed by atoms with E-state index in [0.717, 1.165) is 5.56 Å². The molecule has 0 unspecified atom stereocenters. The van der Waals surface area contributed by atoms with Gasteiger partial charge in [0, 0.05) is 11.4 Å². The molecule has 0 saturated carbocycles. The van der Waals surface area contributed by atoms with E-state index in [1.807, 2.05) is 12.1 Å². The first-order valence-electron chi connectivity index (χ1n) is 3.14. The van der Waals surface area contributed by atoms with Crippen LogP contribution in [0.5, 0.6) is 0 Å². The predicted molar refractivity (Wildman–Crippen MR) is 45.0 cm³/mol. The van der Waals surface area contributed by atoms with E-state index < -0.39 is 0 Å². The fraction of sp³-hybridized carbons (Fsp3) is 0.250. The summed E-state index contributed by atoms with van der Waals surface area (Å²) < 4.78 is 0. The first-order chi connectivity index (χ1) is 4.86. The molecule has 0 saturated heterocycles. The SMILES string of the molecule is CSc1ccc(C[NH])cc1. The van der Waals surface area contributed by atoms with Gasteiger partial charge in [0.05, 0.1) is 0 Å². The molecular weight excluding hydrogens is 142 g/mol. The lowest BCUT2D eigenvalue weighted by Crippen LogP contribution is -1.82. The second kappa shape index (κ2) is 3.64. The van der Waals surface area contributed by atoms with Gasteiger partial charge < -0.3 is 0 Å². The fourth-order valence-electron chi connectivity index (χ4n) is 0.743. The van der Waals surface area contributed by atoms with Gasteiger partial charge in [-0.1, -0.05) is 12.1 Å². The molecule has 2 heteroatoms. The Morgan fingerprint density at radius 2 is 1.90 bits per heavy atom. The average Bonchev–Trinajstić information content (AvgIpc) is 2.05. The fourth-order valence-corrected chi connectivity index (χ4v) is 1.15. The Hall–Kier alpha value is -0.470. The van der Waals surface area contributed by atoms with Crippen molar-refractivity contribution in [3.63, 3.8) is 0 Å². The molecule has 1 aromatic rings. The molecule has 10 heavy (non-hydrogen) atoms. The molecular formula is C8H10NS. The quantitative estimate of drug-likeness (QED) is 0.596. The van der Waals surface area contributed by atoms with Gasteiger partial charge in [-0.05, 0) is 24.0 Å². The van der Waals surface area contributed by atoms with Gasteiger partial charge in [0.15, 0.2) is 0 Å². The Kier molecular flexibility index (Phi) is 2.78. The molecule has 0 aromatic heterocycles. The maximum absolute atomic E-state index is 7.06. The maximum atomic E-state index is 7.06. The van der Waals surface area contributed by atoms with Gasteiger partial charge in [-0.25, -0.2) is 0 Å². The van der Waals surface area contributed by atoms with Gasteiger partial charge in [0.1, 0.15) is 0 Å². The summed E-state index contributed by atoms with van der Waals surface area (Å²) >= 11 is 1.73. The molecule has 1 aromatic carbocycles. The molecule has 53 valence electrons. The Morgan fingerprint density at radius 1 is 1.30 bits per heavy atom. The number of thioether (sulfide) groups is 1. The van der Waals surface area contributed by atoms with E-state index in [9.17, 15) is 0 Å². The molecule has 0 amide bonds. The molecule has 0 heterocycles. The Morgan fingerprint density at radius 3 is 2.30 bits per heavy atom. The maximum Gasteiger partial charge on any atom is 0.0351 e. The third-order valence-electron chi connectivity index (χ3n) is 1.36. The summed E-state index contributed by atoms with van der Waals surface area (Å²) in [5, 5.41) is 0. The van der Waals surface area contributed by atoms with E-state index in [4.69, 9.17) is 5.73 Å². The molecule has 0 aliphatic rings. The van der Waals surface area contributed by atoms with E-state index >= 15 is 0 Å². The van der Waals surface area contributed by atoms with E-state index in [1.165, 1.54) is 4.90 Å². The highest BCUT2D eigenvalue weighted by Gasteiger charge is 1.89. The highest BCUT2D eigenvalue weighted by molar-refractivity contribution is 7.98. The van der Waals surface area contributed by atoms with Crippen molar-refractivity contribution in [2.24, 2.45) is 0 Å². The molecule has 1 N–H and O–H groups in total. The van der Waals surface area contributed by atoms with Crippen LogP contribution in [0.25, 0.3) is 0 Å². The topological polar surface area (TPSA) is 23.8 Å². The van der Waals surface area contributed by atoms with Gasteiger partial charge in [-0.2, -0.15) is 0 Å². The van der Waals surface area contributed by atoms with Crippen molar-refractivity contribution in [1.82, 2.24) is 5.73 Å². The van der Waals surface area contributed by atoms with Crippen LogP contribution in [0.15, 0.2) is 29.2 Å². The van der Waals surface area contributed by atoms with Gasteiger partial charge in [0.25, 0.3) is 0 Å². The zero-order valence-corrected chi connectivity index (χ0v) is 6.74. The highest BCUT2D eigenvalue weighted by atomic mass is 32.2. The number of hydrogen-bond donors (Lipinski definition) is 0. The lowest BCUT2D eigenvalue weighted by Gasteiger charge is -1.96. The Bertz CT molecular complexity index is 170. The predicted octanol–water partition coefficient (Wildman–Crippen LogP) is 2.19. The Labute approximate surface area is 65.6 Å². The summed E-state index contributed by atoms with van der Waals surface area (Å²) in [7, 11) is 0. The molecule has 1 nitrogen and oxygen atoms in total. The van der Waals surface area contributed by atoms with Crippen molar-refractivity contribution in [1.29, 1.82) is 0 Å². The monoisotopic (exact) mass is 152 g/mol. The second-order valence-corrected chi connectivity index (χ2v) is 2.90. The van der Waals surface area contributed by atoms with Crippen LogP contribution < -0.4 is 5.73 Å². The summed E-state index contributed by atoms with van der Waals surface area (Å²) in [5.41, 5.74) is 8.15. The molecule has 0 bridgehead atoms. The van der Waals surface area contributed by atoms with Crippen molar-refractivity contribution < 1.29 is 0 Å². The number of rotatable bonds is 2. The number of hydrogen-bond acceptors (Lipinski definition) is 1. The third-order valence-corrected chi connectivity index (χ3v) is 2.11. The van der Waals surface area contributed by atoms with E-state index in [-0.39, 0.29) is 0 Å². The van der Waals surface area contributed by atoms with Crippen LogP contribution in [0.1, 0.15) is 5.56 Å². The van der Waals surface area contributed by atoms with Crippen molar-refractivity contribution in [2.45, 2.75) is 11.4 Å². The van der Waals surface area contributed by atoms with Crippen molar-refractivity contribution in [3.05, 3.63) is 29.8 Å². The zero-order chi connectivity index (χ0) is 7.40. The van der Waals surface area contributed by atoms with E-state index in [0.29, 0.717) is 6.54 Å². The minimum absolute atomic E-state index is 0.384. The van der Waals surface area contributed by atoms with Crippen LogP contribution >= 0.6 is 11.8 Å². The lowest BCUT2D eigenvalue weighted by molar-refractivity contribution is 1.02. The van der Waals surface area contributed by atoms with E-state index in [2.05, 4.69) is 18.4 Å². The number of benzene rings is 1. The molecule has 1 rings (SSSR count). The lowest BCUT2D eigenvalue weighted by atomic mass is 10.2. The van der Waals surface area contributed by atoms with Crippen LogP contribution in [0.3, 0.4) is 0 Å². The van der Waals surface area contributed by atoms with E-state index in [1.54, 1.807) is 11.8 Å². The van der Waals surface area contributed by atoms with Crippen LogP contribution in [0.2, 0.25) is 0 Å². The second-order valence-electron chi connectivity index (χ2n) is 2.02. The van der Waals surface area contributed by atoms with Crippen molar-refractivity contribution >= 4 is 11.8 Å². The Balaban J connectivity index is 2.80. The van der Waals surface area contributed by atoms with Crippen LogP contribution in [-0.2, 0) is 6.54 Å². The van der Waals surface area contributed by atoms with Gasteiger partial charge >= 0.3 is 0 Å².